The summed E-state index contributed by atoms with van der Waals surface area (Å²) < 4.78 is 0. The van der Waals surface area contributed by atoms with Crippen molar-refractivity contribution in [1.29, 1.82) is 0 Å². The van der Waals surface area contributed by atoms with E-state index >= 15 is 0 Å². The number of anilines is 3. The Morgan fingerprint density at radius 3 is 2.17 bits per heavy atom. The number of nitrogens with zero attached hydrogens (tertiary/aromatic N) is 1. The predicted molar refractivity (Wildman–Crippen MR) is 184 cm³/mol. The molecule has 0 N–H and O–H groups in total. The van der Waals surface area contributed by atoms with Gasteiger partial charge in [0.2, 0.25) is 0 Å². The number of hydrogen-bond acceptors (Lipinski definition) is 2. The molecule has 0 saturated carbocycles. The molecule has 204 valence electrons. The summed E-state index contributed by atoms with van der Waals surface area (Å²) in [6.07, 6.45) is 0. The molecule has 0 amide bonds. The van der Waals surface area contributed by atoms with Gasteiger partial charge in [0.15, 0.2) is 0 Å². The van der Waals surface area contributed by atoms with Crippen LogP contribution in [-0.2, 0) is 5.41 Å². The summed E-state index contributed by atoms with van der Waals surface area (Å²) in [5.41, 5.74) is 9.13. The molecule has 0 spiro atoms. The fourth-order valence-corrected chi connectivity index (χ4v) is 12.8. The molecule has 0 unspecified atom stereocenters. The number of rotatable bonds is 3. The minimum atomic E-state index is -1.89. The van der Waals surface area contributed by atoms with E-state index in [1.54, 1.807) is 0 Å². The van der Waals surface area contributed by atoms with Crippen LogP contribution in [0.4, 0.5) is 17.1 Å². The van der Waals surface area contributed by atoms with E-state index < -0.39 is 8.07 Å². The zero-order chi connectivity index (χ0) is 28.6. The molecule has 0 radical (unpaired) electrons. The van der Waals surface area contributed by atoms with Crippen LogP contribution in [-0.4, -0.2) is 8.07 Å². The van der Waals surface area contributed by atoms with Gasteiger partial charge in [-0.1, -0.05) is 136 Å². The highest BCUT2D eigenvalue weighted by Gasteiger charge is 2.38. The zero-order valence-electron chi connectivity index (χ0n) is 24.5. The van der Waals surface area contributed by atoms with Crippen LogP contribution in [0.2, 0.25) is 13.1 Å². The van der Waals surface area contributed by atoms with Crippen LogP contribution in [0.1, 0.15) is 25.0 Å². The molecule has 1 aliphatic carbocycles. The van der Waals surface area contributed by atoms with Crippen molar-refractivity contribution in [1.82, 2.24) is 0 Å². The van der Waals surface area contributed by atoms with Crippen LogP contribution < -0.4 is 15.3 Å². The molecule has 8 rings (SSSR count). The minimum Gasteiger partial charge on any atom is -0.309 e. The van der Waals surface area contributed by atoms with Gasteiger partial charge in [-0.15, -0.1) is 0 Å². The van der Waals surface area contributed by atoms with E-state index in [2.05, 4.69) is 159 Å². The molecule has 0 saturated heterocycles. The van der Waals surface area contributed by atoms with Gasteiger partial charge in [-0.3, -0.25) is 0 Å². The molecule has 1 nitrogen and oxygen atoms in total. The predicted octanol–water partition coefficient (Wildman–Crippen LogP) is 9.90. The van der Waals surface area contributed by atoms with E-state index in [-0.39, 0.29) is 5.41 Å². The van der Waals surface area contributed by atoms with Crippen molar-refractivity contribution in [2.24, 2.45) is 0 Å². The third-order valence-electron chi connectivity index (χ3n) is 9.51. The van der Waals surface area contributed by atoms with E-state index in [0.717, 1.165) is 0 Å². The second kappa shape index (κ2) is 9.22. The van der Waals surface area contributed by atoms with Crippen LogP contribution in [0.3, 0.4) is 0 Å². The number of hydrogen-bond donors (Lipinski definition) is 0. The highest BCUT2D eigenvalue weighted by molar-refractivity contribution is 8.00. The molecule has 1 aliphatic heterocycles. The third kappa shape index (κ3) is 3.63. The standard InChI is InChI=1S/C39H33NSSi/c1-39(2)31-17-8-7-16-29(31)30-24-23-27(25-32(30)39)40(33-18-11-14-26-13-5-6-15-28(26)33)34-19-12-22-37-38(34)41-35-20-9-10-21-36(35)42(37,3)4/h5-25H,1-4H3. The molecule has 2 aliphatic rings. The molecule has 1 heterocycles. The van der Waals surface area contributed by atoms with Gasteiger partial charge in [-0.05, 0) is 68.3 Å². The molecular weight excluding hydrogens is 543 g/mol. The smallest absolute Gasteiger partial charge is 0.115 e. The van der Waals surface area contributed by atoms with Crippen molar-refractivity contribution in [2.75, 3.05) is 4.90 Å². The molecule has 6 aromatic rings. The first-order valence-corrected chi connectivity index (χ1v) is 18.6. The molecule has 0 bridgehead atoms. The fourth-order valence-electron chi connectivity index (χ4n) is 7.27. The van der Waals surface area contributed by atoms with Gasteiger partial charge in [0.25, 0.3) is 0 Å². The first-order valence-electron chi connectivity index (χ1n) is 14.8. The highest BCUT2D eigenvalue weighted by atomic mass is 32.2. The summed E-state index contributed by atoms with van der Waals surface area (Å²) in [6.45, 7) is 9.75. The quantitative estimate of drug-likeness (QED) is 0.193. The maximum atomic E-state index is 2.53. The van der Waals surface area contributed by atoms with Crippen LogP contribution >= 0.6 is 11.8 Å². The Balaban J connectivity index is 1.40. The summed E-state index contributed by atoms with van der Waals surface area (Å²) in [7, 11) is -1.89. The first-order chi connectivity index (χ1) is 20.4. The lowest BCUT2D eigenvalue weighted by atomic mass is 9.82. The van der Waals surface area contributed by atoms with Crippen molar-refractivity contribution in [3.8, 4) is 11.1 Å². The summed E-state index contributed by atoms with van der Waals surface area (Å²) in [4.78, 5) is 5.33. The third-order valence-corrected chi connectivity index (χ3v) is 14.6. The monoisotopic (exact) mass is 575 g/mol. The van der Waals surface area contributed by atoms with Gasteiger partial charge in [-0.25, -0.2) is 0 Å². The van der Waals surface area contributed by atoms with Gasteiger partial charge in [0.05, 0.1) is 11.4 Å². The topological polar surface area (TPSA) is 3.24 Å². The van der Waals surface area contributed by atoms with Gasteiger partial charge in [0, 0.05) is 26.3 Å². The highest BCUT2D eigenvalue weighted by Crippen LogP contribution is 2.52. The largest absolute Gasteiger partial charge is 0.309 e. The van der Waals surface area contributed by atoms with E-state index in [1.807, 2.05) is 11.8 Å². The summed E-state index contributed by atoms with van der Waals surface area (Å²) in [5.74, 6) is 0. The number of fused-ring (bicyclic) bond motifs is 6. The second-order valence-corrected chi connectivity index (χ2v) is 18.0. The Labute approximate surface area is 253 Å². The van der Waals surface area contributed by atoms with Crippen molar-refractivity contribution in [3.05, 3.63) is 139 Å². The summed E-state index contributed by atoms with van der Waals surface area (Å²) in [6, 6.07) is 47.6. The lowest BCUT2D eigenvalue weighted by Crippen LogP contribution is -2.56. The molecule has 3 heteroatoms. The lowest BCUT2D eigenvalue weighted by Gasteiger charge is -2.37. The van der Waals surface area contributed by atoms with Crippen LogP contribution in [0.25, 0.3) is 21.9 Å². The second-order valence-electron chi connectivity index (χ2n) is 12.6. The van der Waals surface area contributed by atoms with Crippen molar-refractivity contribution in [2.45, 2.75) is 42.1 Å². The van der Waals surface area contributed by atoms with E-state index in [9.17, 15) is 0 Å². The van der Waals surface area contributed by atoms with Gasteiger partial charge >= 0.3 is 0 Å². The Kier molecular flexibility index (Phi) is 5.63. The SMILES string of the molecule is CC1(C)c2ccccc2-c2ccc(N(c3cccc4c3Sc3ccccc3[Si]4(C)C)c3cccc4ccccc34)cc21. The van der Waals surface area contributed by atoms with Gasteiger partial charge < -0.3 is 4.90 Å². The fraction of sp³-hybridized carbons (Fsp3) is 0.128. The van der Waals surface area contributed by atoms with Crippen molar-refractivity contribution >= 4 is 58.0 Å². The molecule has 0 fully saturated rings. The van der Waals surface area contributed by atoms with Crippen LogP contribution in [0, 0.1) is 0 Å². The van der Waals surface area contributed by atoms with Gasteiger partial charge in [-0.2, -0.15) is 0 Å². The molecule has 0 aromatic heterocycles. The van der Waals surface area contributed by atoms with E-state index in [4.69, 9.17) is 0 Å². The van der Waals surface area contributed by atoms with Crippen LogP contribution in [0.15, 0.2) is 137 Å². The lowest BCUT2D eigenvalue weighted by molar-refractivity contribution is 0.660. The zero-order valence-corrected chi connectivity index (χ0v) is 26.3. The van der Waals surface area contributed by atoms with Crippen LogP contribution in [0.5, 0.6) is 0 Å². The van der Waals surface area contributed by atoms with E-state index in [1.165, 1.54) is 70.3 Å². The van der Waals surface area contributed by atoms with Crippen molar-refractivity contribution in [3.63, 3.8) is 0 Å². The Morgan fingerprint density at radius 1 is 0.595 bits per heavy atom. The Bertz CT molecular complexity index is 2030. The Morgan fingerprint density at radius 2 is 1.26 bits per heavy atom. The maximum Gasteiger partial charge on any atom is 0.115 e. The summed E-state index contributed by atoms with van der Waals surface area (Å²) >= 11 is 1.94. The molecule has 42 heavy (non-hydrogen) atoms. The number of benzene rings is 6. The maximum absolute atomic E-state index is 2.53. The average Bonchev–Trinajstić information content (AvgIpc) is 3.24. The normalized spacial score (nSPS) is 15.4. The molecular formula is C39H33NSSi. The molecule has 0 atom stereocenters. The first kappa shape index (κ1) is 25.6. The minimum absolute atomic E-state index is 0.0644. The van der Waals surface area contributed by atoms with Gasteiger partial charge in [0.1, 0.15) is 8.07 Å². The Hall–Kier alpha value is -4.05. The van der Waals surface area contributed by atoms with E-state index in [0.29, 0.717) is 0 Å². The molecule has 6 aromatic carbocycles. The summed E-state index contributed by atoms with van der Waals surface area (Å²) in [5, 5.41) is 5.57. The van der Waals surface area contributed by atoms with Crippen molar-refractivity contribution < 1.29 is 0 Å². The average molecular weight is 576 g/mol.